The summed E-state index contributed by atoms with van der Waals surface area (Å²) in [4.78, 5) is 41.2. The first-order valence-electron chi connectivity index (χ1n) is 11.3. The highest BCUT2D eigenvalue weighted by atomic mass is 32.2. The molecule has 0 aliphatic heterocycles. The Labute approximate surface area is 198 Å². The minimum atomic E-state index is -2.44. The number of esters is 2. The molecule has 3 rings (SSSR count). The molecule has 3 unspecified atom stereocenters. The van der Waals surface area contributed by atoms with Crippen LogP contribution < -0.4 is 0 Å². The van der Waals surface area contributed by atoms with E-state index in [0.717, 1.165) is 21.8 Å². The van der Waals surface area contributed by atoms with Crippen LogP contribution in [0.25, 0.3) is 0 Å². The van der Waals surface area contributed by atoms with E-state index in [0.29, 0.717) is 24.8 Å². The smallest absolute Gasteiger partial charge is 0.336 e. The average molecular weight is 471 g/mol. The highest BCUT2D eigenvalue weighted by molar-refractivity contribution is 7.99. The van der Waals surface area contributed by atoms with Crippen molar-refractivity contribution in [3.63, 3.8) is 0 Å². The van der Waals surface area contributed by atoms with E-state index in [1.807, 2.05) is 55.5 Å². The van der Waals surface area contributed by atoms with Gasteiger partial charge in [-0.05, 0) is 74.9 Å². The van der Waals surface area contributed by atoms with Gasteiger partial charge in [-0.15, -0.1) is 0 Å². The number of ether oxygens (including phenoxy) is 2. The van der Waals surface area contributed by atoms with Gasteiger partial charge in [-0.2, -0.15) is 0 Å². The van der Waals surface area contributed by atoms with Crippen molar-refractivity contribution in [1.29, 1.82) is 0 Å². The van der Waals surface area contributed by atoms with Crippen molar-refractivity contribution < 1.29 is 29.0 Å². The summed E-state index contributed by atoms with van der Waals surface area (Å²) >= 11 is 1.61. The second kappa shape index (κ2) is 10.9. The first kappa shape index (κ1) is 24.8. The molecule has 0 saturated heterocycles. The summed E-state index contributed by atoms with van der Waals surface area (Å²) in [7, 11) is 0. The molecule has 6 nitrogen and oxygen atoms in total. The van der Waals surface area contributed by atoms with Crippen LogP contribution in [0, 0.1) is 5.41 Å². The van der Waals surface area contributed by atoms with E-state index < -0.39 is 35.3 Å². The van der Waals surface area contributed by atoms with Gasteiger partial charge in [0.25, 0.3) is 5.41 Å². The molecule has 0 saturated carbocycles. The van der Waals surface area contributed by atoms with E-state index >= 15 is 0 Å². The predicted molar refractivity (Wildman–Crippen MR) is 125 cm³/mol. The van der Waals surface area contributed by atoms with Gasteiger partial charge in [0.2, 0.25) is 0 Å². The predicted octanol–water partition coefficient (Wildman–Crippen LogP) is 5.23. The summed E-state index contributed by atoms with van der Waals surface area (Å²) in [6.07, 6.45) is 1.76. The summed E-state index contributed by atoms with van der Waals surface area (Å²) < 4.78 is 10.6. The zero-order valence-corrected chi connectivity index (χ0v) is 20.0. The van der Waals surface area contributed by atoms with Crippen molar-refractivity contribution in [1.82, 2.24) is 0 Å². The molecule has 0 amide bonds. The molecule has 0 heterocycles. The molecular weight excluding hydrogens is 440 g/mol. The van der Waals surface area contributed by atoms with Crippen molar-refractivity contribution in [2.75, 3.05) is 6.61 Å². The number of fused-ring (bicyclic) bond motifs is 1. The number of carboxylic acids is 1. The Balaban J connectivity index is 2.05. The van der Waals surface area contributed by atoms with Gasteiger partial charge in [0.05, 0.1) is 12.7 Å². The lowest BCUT2D eigenvalue weighted by Gasteiger charge is -2.37. The molecule has 0 bridgehead atoms. The van der Waals surface area contributed by atoms with E-state index in [1.54, 1.807) is 25.6 Å². The van der Waals surface area contributed by atoms with E-state index in [1.165, 1.54) is 0 Å². The molecule has 1 aliphatic carbocycles. The second-order valence-corrected chi connectivity index (χ2v) is 9.33. The lowest BCUT2D eigenvalue weighted by Crippen LogP contribution is -2.54. The zero-order valence-electron chi connectivity index (χ0n) is 19.2. The normalized spacial score (nSPS) is 17.8. The largest absolute Gasteiger partial charge is 0.480 e. The number of carboxylic acid groups (broad SMARTS) is 1. The third-order valence-corrected chi connectivity index (χ3v) is 7.07. The second-order valence-electron chi connectivity index (χ2n) is 8.18. The zero-order chi connectivity index (χ0) is 24.0. The quantitative estimate of drug-likeness (QED) is 0.396. The number of aryl methyl sites for hydroxylation is 1. The number of carbonyl (C=O) groups excluding carboxylic acids is 2. The Bertz CT molecular complexity index is 1010. The number of carbonyl (C=O) groups is 3. The Morgan fingerprint density at radius 2 is 1.82 bits per heavy atom. The van der Waals surface area contributed by atoms with Gasteiger partial charge in [-0.25, -0.2) is 0 Å². The SMILES string of the molecule is CCOC(=O)C(C(=O)O)(C(=O)OC(C)CC)C1CCCc2cc(Sc3ccccc3)ccc21. The van der Waals surface area contributed by atoms with Crippen LogP contribution in [0.1, 0.15) is 57.1 Å². The van der Waals surface area contributed by atoms with Gasteiger partial charge in [-0.3, -0.25) is 14.4 Å². The Kier molecular flexibility index (Phi) is 8.19. The molecular formula is C26H30O6S. The van der Waals surface area contributed by atoms with Crippen LogP contribution in [-0.4, -0.2) is 35.7 Å². The number of rotatable bonds is 9. The van der Waals surface area contributed by atoms with Crippen molar-refractivity contribution in [2.45, 2.75) is 68.3 Å². The van der Waals surface area contributed by atoms with Gasteiger partial charge in [0.1, 0.15) is 0 Å². The Morgan fingerprint density at radius 1 is 1.09 bits per heavy atom. The fourth-order valence-electron chi connectivity index (χ4n) is 4.22. The molecule has 33 heavy (non-hydrogen) atoms. The van der Waals surface area contributed by atoms with Crippen LogP contribution in [0.4, 0.5) is 0 Å². The Morgan fingerprint density at radius 3 is 2.45 bits per heavy atom. The van der Waals surface area contributed by atoms with Crippen molar-refractivity contribution in [3.8, 4) is 0 Å². The summed E-state index contributed by atoms with van der Waals surface area (Å²) in [6, 6.07) is 15.7. The average Bonchev–Trinajstić information content (AvgIpc) is 2.80. The van der Waals surface area contributed by atoms with Crippen LogP contribution in [0.5, 0.6) is 0 Å². The number of hydrogen-bond donors (Lipinski definition) is 1. The maximum atomic E-state index is 13.3. The number of aliphatic carboxylic acids is 1. The van der Waals surface area contributed by atoms with Crippen molar-refractivity contribution in [2.24, 2.45) is 5.41 Å². The molecule has 1 N–H and O–H groups in total. The molecule has 0 spiro atoms. The molecule has 3 atom stereocenters. The van der Waals surface area contributed by atoms with E-state index in [4.69, 9.17) is 9.47 Å². The molecule has 176 valence electrons. The molecule has 0 fully saturated rings. The van der Waals surface area contributed by atoms with Gasteiger partial charge in [0, 0.05) is 15.7 Å². The highest BCUT2D eigenvalue weighted by Gasteiger charge is 2.63. The van der Waals surface area contributed by atoms with Gasteiger partial charge >= 0.3 is 17.9 Å². The summed E-state index contributed by atoms with van der Waals surface area (Å²) in [6.45, 7) is 5.06. The lowest BCUT2D eigenvalue weighted by molar-refractivity contribution is -0.186. The molecule has 1 aliphatic rings. The fraction of sp³-hybridized carbons (Fsp3) is 0.423. The summed E-state index contributed by atoms with van der Waals surface area (Å²) in [5, 5.41) is 10.3. The first-order chi connectivity index (χ1) is 15.8. The minimum Gasteiger partial charge on any atom is -0.480 e. The minimum absolute atomic E-state index is 0.0310. The fourth-order valence-corrected chi connectivity index (χ4v) is 5.13. The maximum Gasteiger partial charge on any atom is 0.336 e. The third-order valence-electron chi connectivity index (χ3n) is 6.07. The van der Waals surface area contributed by atoms with Gasteiger partial charge < -0.3 is 14.6 Å². The highest BCUT2D eigenvalue weighted by Crippen LogP contribution is 2.47. The third kappa shape index (κ3) is 5.08. The van der Waals surface area contributed by atoms with E-state index in [-0.39, 0.29) is 6.61 Å². The van der Waals surface area contributed by atoms with Crippen LogP contribution in [0.15, 0.2) is 58.3 Å². The van der Waals surface area contributed by atoms with Crippen molar-refractivity contribution >= 4 is 29.7 Å². The van der Waals surface area contributed by atoms with Gasteiger partial charge in [-0.1, -0.05) is 43.0 Å². The van der Waals surface area contributed by atoms with Crippen LogP contribution in [0.2, 0.25) is 0 Å². The molecule has 2 aromatic carbocycles. The van der Waals surface area contributed by atoms with E-state index in [9.17, 15) is 19.5 Å². The molecule has 2 aromatic rings. The topological polar surface area (TPSA) is 89.9 Å². The van der Waals surface area contributed by atoms with Crippen molar-refractivity contribution in [3.05, 3.63) is 59.7 Å². The van der Waals surface area contributed by atoms with E-state index in [2.05, 4.69) is 0 Å². The van der Waals surface area contributed by atoms with Crippen LogP contribution >= 0.6 is 11.8 Å². The Hall–Kier alpha value is -2.80. The van der Waals surface area contributed by atoms with Crippen LogP contribution in [0.3, 0.4) is 0 Å². The summed E-state index contributed by atoms with van der Waals surface area (Å²) in [5.41, 5.74) is -0.809. The standard InChI is InChI=1S/C26H30O6S/c1-4-17(3)32-25(30)26(23(27)28,24(29)31-5-2)22-13-9-10-18-16-20(14-15-21(18)22)33-19-11-7-6-8-12-19/h6-8,11-12,14-17,22H,4-5,9-10,13H2,1-3H3,(H,27,28). The number of hydrogen-bond acceptors (Lipinski definition) is 6. The maximum absolute atomic E-state index is 13.3. The first-order valence-corrected chi connectivity index (χ1v) is 12.1. The molecule has 0 aromatic heterocycles. The van der Waals surface area contributed by atoms with Crippen LogP contribution in [-0.2, 0) is 30.3 Å². The molecule has 7 heteroatoms. The number of benzene rings is 2. The van der Waals surface area contributed by atoms with Gasteiger partial charge in [0.15, 0.2) is 0 Å². The monoisotopic (exact) mass is 470 g/mol. The lowest BCUT2D eigenvalue weighted by atomic mass is 9.66. The molecule has 0 radical (unpaired) electrons. The summed E-state index contributed by atoms with van der Waals surface area (Å²) in [5.74, 6) is -4.52.